The maximum Gasteiger partial charge on any atom is 0.259 e. The number of hydrogen-bond acceptors (Lipinski definition) is 4. The molecule has 1 aromatic carbocycles. The fraction of sp³-hybridized carbons (Fsp3) is 0.188. The van der Waals surface area contributed by atoms with Crippen LogP contribution in [0.5, 0.6) is 5.75 Å². The van der Waals surface area contributed by atoms with E-state index < -0.39 is 0 Å². The maximum atomic E-state index is 12.2. The summed E-state index contributed by atoms with van der Waals surface area (Å²) in [5, 5.41) is 2.84. The Balaban J connectivity index is 1.99. The number of aromatic nitrogens is 1. The third-order valence-electron chi connectivity index (χ3n) is 3.02. The number of carbonyl (C=O) groups is 2. The number of nitrogens with one attached hydrogen (secondary N) is 1. The maximum absolute atomic E-state index is 12.2. The second-order valence-corrected chi connectivity index (χ2v) is 6.32. The van der Waals surface area contributed by atoms with Gasteiger partial charge in [0, 0.05) is 30.5 Å². The quantitative estimate of drug-likeness (QED) is 0.766. The normalized spacial score (nSPS) is 10.2. The molecule has 0 fully saturated rings. The van der Waals surface area contributed by atoms with Crippen LogP contribution in [0.2, 0.25) is 5.15 Å². The van der Waals surface area contributed by atoms with Crippen molar-refractivity contribution in [3.63, 3.8) is 0 Å². The van der Waals surface area contributed by atoms with Crippen molar-refractivity contribution in [1.82, 2.24) is 9.88 Å². The van der Waals surface area contributed by atoms with E-state index in [-0.39, 0.29) is 29.1 Å². The van der Waals surface area contributed by atoms with Crippen LogP contribution >= 0.6 is 27.5 Å². The summed E-state index contributed by atoms with van der Waals surface area (Å²) >= 11 is 9.18. The second kappa shape index (κ2) is 8.12. The number of ether oxygens (including phenoxy) is 1. The fourth-order valence-electron chi connectivity index (χ4n) is 1.69. The predicted molar refractivity (Wildman–Crippen MR) is 95.5 cm³/mol. The van der Waals surface area contributed by atoms with Gasteiger partial charge in [0.25, 0.3) is 11.8 Å². The number of hydrogen-bond donors (Lipinski definition) is 1. The van der Waals surface area contributed by atoms with Gasteiger partial charge in [-0.05, 0) is 46.3 Å². The molecular weight excluding hydrogens is 398 g/mol. The Bertz CT molecular complexity index is 751. The molecule has 0 aliphatic rings. The Morgan fingerprint density at radius 3 is 2.58 bits per heavy atom. The van der Waals surface area contributed by atoms with Gasteiger partial charge in [-0.2, -0.15) is 0 Å². The first-order chi connectivity index (χ1) is 11.4. The van der Waals surface area contributed by atoms with Crippen molar-refractivity contribution < 1.29 is 14.3 Å². The highest BCUT2D eigenvalue weighted by Gasteiger charge is 2.12. The number of pyridine rings is 1. The zero-order valence-corrected chi connectivity index (χ0v) is 15.4. The summed E-state index contributed by atoms with van der Waals surface area (Å²) in [6.45, 7) is -0.0436. The van der Waals surface area contributed by atoms with Gasteiger partial charge in [0.2, 0.25) is 0 Å². The SMILES string of the molecule is CN(C)C(=O)COc1ccc(NC(=O)c2cc(Br)cnc2Cl)cc1. The van der Waals surface area contributed by atoms with E-state index in [0.29, 0.717) is 15.9 Å². The van der Waals surface area contributed by atoms with Gasteiger partial charge in [-0.1, -0.05) is 11.6 Å². The lowest BCUT2D eigenvalue weighted by Crippen LogP contribution is -2.27. The predicted octanol–water partition coefficient (Wildman–Crippen LogP) is 3.22. The molecule has 0 saturated heterocycles. The van der Waals surface area contributed by atoms with Crippen molar-refractivity contribution in [1.29, 1.82) is 0 Å². The molecule has 6 nitrogen and oxygen atoms in total. The smallest absolute Gasteiger partial charge is 0.259 e. The molecule has 8 heteroatoms. The lowest BCUT2D eigenvalue weighted by Gasteiger charge is -2.12. The average Bonchev–Trinajstić information content (AvgIpc) is 2.55. The van der Waals surface area contributed by atoms with Gasteiger partial charge in [0.1, 0.15) is 10.9 Å². The Hall–Kier alpha value is -2.12. The number of likely N-dealkylation sites (N-methyl/N-ethyl adjacent to an activating group) is 1. The lowest BCUT2D eigenvalue weighted by atomic mass is 10.2. The van der Waals surface area contributed by atoms with Crippen molar-refractivity contribution >= 4 is 45.0 Å². The molecule has 24 heavy (non-hydrogen) atoms. The van der Waals surface area contributed by atoms with Gasteiger partial charge < -0.3 is 15.0 Å². The van der Waals surface area contributed by atoms with Crippen LogP contribution in [0.15, 0.2) is 41.0 Å². The van der Waals surface area contributed by atoms with Gasteiger partial charge in [-0.25, -0.2) is 4.98 Å². The zero-order valence-electron chi connectivity index (χ0n) is 13.0. The van der Waals surface area contributed by atoms with E-state index in [1.165, 1.54) is 11.1 Å². The van der Waals surface area contributed by atoms with Crippen LogP contribution in [-0.2, 0) is 4.79 Å². The van der Waals surface area contributed by atoms with E-state index in [1.54, 1.807) is 44.4 Å². The molecule has 0 atom stereocenters. The zero-order chi connectivity index (χ0) is 17.7. The number of benzene rings is 1. The summed E-state index contributed by atoms with van der Waals surface area (Å²) < 4.78 is 6.03. The molecule has 1 heterocycles. The third kappa shape index (κ3) is 4.94. The van der Waals surface area contributed by atoms with E-state index in [2.05, 4.69) is 26.2 Å². The Kier molecular flexibility index (Phi) is 6.16. The monoisotopic (exact) mass is 411 g/mol. The first kappa shape index (κ1) is 18.2. The largest absolute Gasteiger partial charge is 0.484 e. The van der Waals surface area contributed by atoms with Crippen molar-refractivity contribution in [2.75, 3.05) is 26.0 Å². The number of halogens is 2. The topological polar surface area (TPSA) is 71.5 Å². The van der Waals surface area contributed by atoms with Crippen LogP contribution in [-0.4, -0.2) is 42.4 Å². The third-order valence-corrected chi connectivity index (χ3v) is 3.76. The molecule has 0 aliphatic carbocycles. The minimum Gasteiger partial charge on any atom is -0.484 e. The van der Waals surface area contributed by atoms with Gasteiger partial charge in [0.05, 0.1) is 5.56 Å². The standard InChI is InChI=1S/C16H15BrClN3O3/c1-21(2)14(22)9-24-12-5-3-11(4-6-12)20-16(23)13-7-10(17)8-19-15(13)18/h3-8H,9H2,1-2H3,(H,20,23). The molecule has 2 aromatic rings. The first-order valence-corrected chi connectivity index (χ1v) is 8.09. The van der Waals surface area contributed by atoms with Crippen LogP contribution in [0, 0.1) is 0 Å². The van der Waals surface area contributed by atoms with Crippen molar-refractivity contribution in [3.8, 4) is 5.75 Å². The number of amides is 2. The second-order valence-electron chi connectivity index (χ2n) is 5.05. The first-order valence-electron chi connectivity index (χ1n) is 6.92. The van der Waals surface area contributed by atoms with Crippen molar-refractivity contribution in [2.45, 2.75) is 0 Å². The molecule has 1 N–H and O–H groups in total. The molecule has 2 amide bonds. The number of nitrogens with zero attached hydrogens (tertiary/aromatic N) is 2. The average molecular weight is 413 g/mol. The highest BCUT2D eigenvalue weighted by Crippen LogP contribution is 2.21. The molecule has 2 rings (SSSR count). The van der Waals surface area contributed by atoms with Crippen molar-refractivity contribution in [3.05, 3.63) is 51.7 Å². The Labute approximate surface area is 152 Å². The number of anilines is 1. The minimum atomic E-state index is -0.370. The summed E-state index contributed by atoms with van der Waals surface area (Å²) in [4.78, 5) is 29.1. The van der Waals surface area contributed by atoms with E-state index in [9.17, 15) is 9.59 Å². The summed E-state index contributed by atoms with van der Waals surface area (Å²) in [6.07, 6.45) is 1.51. The van der Waals surface area contributed by atoms with Crippen LogP contribution < -0.4 is 10.1 Å². The molecule has 126 valence electrons. The molecular formula is C16H15BrClN3O3. The van der Waals surface area contributed by atoms with E-state index in [4.69, 9.17) is 16.3 Å². The summed E-state index contributed by atoms with van der Waals surface area (Å²) in [7, 11) is 3.32. The molecule has 1 aromatic heterocycles. The van der Waals surface area contributed by atoms with Crippen LogP contribution in [0.1, 0.15) is 10.4 Å². The highest BCUT2D eigenvalue weighted by molar-refractivity contribution is 9.10. The van der Waals surface area contributed by atoms with E-state index in [0.717, 1.165) is 0 Å². The molecule has 0 spiro atoms. The molecule has 0 saturated carbocycles. The summed E-state index contributed by atoms with van der Waals surface area (Å²) in [6, 6.07) is 8.27. The van der Waals surface area contributed by atoms with E-state index >= 15 is 0 Å². The Morgan fingerprint density at radius 2 is 1.96 bits per heavy atom. The number of rotatable bonds is 5. The highest BCUT2D eigenvalue weighted by atomic mass is 79.9. The molecule has 0 bridgehead atoms. The van der Waals surface area contributed by atoms with Crippen LogP contribution in [0.25, 0.3) is 0 Å². The fourth-order valence-corrected chi connectivity index (χ4v) is 2.21. The van der Waals surface area contributed by atoms with Gasteiger partial charge >= 0.3 is 0 Å². The summed E-state index contributed by atoms with van der Waals surface area (Å²) in [5.74, 6) is 0.0276. The van der Waals surface area contributed by atoms with Gasteiger partial charge in [-0.3, -0.25) is 9.59 Å². The minimum absolute atomic E-state index is 0.0436. The van der Waals surface area contributed by atoms with E-state index in [1.807, 2.05) is 0 Å². The van der Waals surface area contributed by atoms with Gasteiger partial charge in [-0.15, -0.1) is 0 Å². The summed E-state index contributed by atoms with van der Waals surface area (Å²) in [5.41, 5.74) is 0.838. The Morgan fingerprint density at radius 1 is 1.29 bits per heavy atom. The molecule has 0 radical (unpaired) electrons. The molecule has 0 aliphatic heterocycles. The van der Waals surface area contributed by atoms with Crippen molar-refractivity contribution in [2.24, 2.45) is 0 Å². The number of carbonyl (C=O) groups excluding carboxylic acids is 2. The lowest BCUT2D eigenvalue weighted by molar-refractivity contribution is -0.130. The van der Waals surface area contributed by atoms with Crippen LogP contribution in [0.4, 0.5) is 5.69 Å². The van der Waals surface area contributed by atoms with Crippen LogP contribution in [0.3, 0.4) is 0 Å². The molecule has 0 unspecified atom stereocenters. The van der Waals surface area contributed by atoms with Gasteiger partial charge in [0.15, 0.2) is 6.61 Å².